The summed E-state index contributed by atoms with van der Waals surface area (Å²) in [6.45, 7) is 4.61. The van der Waals surface area contributed by atoms with Crippen molar-refractivity contribution >= 4 is 17.8 Å². The number of aromatic nitrogens is 3. The summed E-state index contributed by atoms with van der Waals surface area (Å²) in [7, 11) is 1.26. The number of carbonyl (C=O) groups is 3. The molecule has 0 fully saturated rings. The normalized spacial score (nSPS) is 16.2. The van der Waals surface area contributed by atoms with E-state index >= 15 is 0 Å². The molecule has 0 N–H and O–H groups in total. The summed E-state index contributed by atoms with van der Waals surface area (Å²) in [5.74, 6) is -1.12. The Morgan fingerprint density at radius 2 is 1.77 bits per heavy atom. The number of ketones is 1. The van der Waals surface area contributed by atoms with Gasteiger partial charge in [-0.3, -0.25) is 4.79 Å². The van der Waals surface area contributed by atoms with Crippen molar-refractivity contribution in [2.45, 2.75) is 39.0 Å². The van der Waals surface area contributed by atoms with Gasteiger partial charge in [-0.25, -0.2) is 28.3 Å². The van der Waals surface area contributed by atoms with Crippen LogP contribution in [0.4, 0.5) is 4.79 Å². The van der Waals surface area contributed by atoms with Crippen molar-refractivity contribution in [3.8, 4) is 17.2 Å². The maximum Gasteiger partial charge on any atom is 1.00 e. The summed E-state index contributed by atoms with van der Waals surface area (Å²) < 4.78 is 15.3. The largest absolute Gasteiger partial charge is 1.00 e. The van der Waals surface area contributed by atoms with Crippen LogP contribution in [-0.2, 0) is 11.3 Å². The SMILES string of the molecule is CC(=O)c1ccc(-n2c(=O)n3n(c2=O)C2C(=CC3)C(C)(C)Oc3cc(OC(=O)N(C)CC(=O)[O-])ccc32)cc1.[Na+]. The number of benzene rings is 2. The molecule has 0 radical (unpaired) electrons. The number of nitrogens with zero attached hydrogens (tertiary/aromatic N) is 4. The fourth-order valence-electron chi connectivity index (χ4n) is 4.94. The summed E-state index contributed by atoms with van der Waals surface area (Å²) in [6.07, 6.45) is 0.964. The van der Waals surface area contributed by atoms with E-state index in [4.69, 9.17) is 9.47 Å². The third kappa shape index (κ3) is 4.93. The Labute approximate surface area is 250 Å². The monoisotopic (exact) mass is 556 g/mol. The summed E-state index contributed by atoms with van der Waals surface area (Å²) in [5, 5.41) is 10.8. The zero-order valence-corrected chi connectivity index (χ0v) is 24.7. The first kappa shape index (κ1) is 29.1. The van der Waals surface area contributed by atoms with Gasteiger partial charge in [0, 0.05) is 24.2 Å². The van der Waals surface area contributed by atoms with Crippen molar-refractivity contribution in [3.05, 3.63) is 86.2 Å². The molecule has 0 bridgehead atoms. The summed E-state index contributed by atoms with van der Waals surface area (Å²) in [5.41, 5.74) is 0.177. The maximum absolute atomic E-state index is 13.7. The molecule has 2 aromatic carbocycles. The van der Waals surface area contributed by atoms with Crippen LogP contribution in [0.5, 0.6) is 11.5 Å². The Bertz CT molecular complexity index is 1680. The van der Waals surface area contributed by atoms with E-state index in [9.17, 15) is 29.1 Å². The molecule has 5 rings (SSSR count). The van der Waals surface area contributed by atoms with E-state index < -0.39 is 41.6 Å². The van der Waals surface area contributed by atoms with Gasteiger partial charge >= 0.3 is 47.0 Å². The first-order chi connectivity index (χ1) is 18.4. The van der Waals surface area contributed by atoms with Crippen molar-refractivity contribution in [1.29, 1.82) is 0 Å². The van der Waals surface area contributed by atoms with E-state index in [1.165, 1.54) is 35.5 Å². The van der Waals surface area contributed by atoms with Gasteiger partial charge in [0.25, 0.3) is 0 Å². The number of carbonyl (C=O) groups excluding carboxylic acids is 3. The van der Waals surface area contributed by atoms with Crippen LogP contribution < -0.4 is 55.5 Å². The second kappa shape index (κ2) is 10.6. The molecule has 1 amide bonds. The van der Waals surface area contributed by atoms with E-state index in [-0.39, 0.29) is 47.6 Å². The zero-order valence-electron chi connectivity index (χ0n) is 22.7. The van der Waals surface area contributed by atoms with Crippen LogP contribution in [-0.4, -0.2) is 55.9 Å². The van der Waals surface area contributed by atoms with Gasteiger partial charge in [-0.05, 0) is 62.7 Å². The number of Topliss-reactive ketones (excluding diaryl/α,β-unsaturated/α-hetero) is 1. The van der Waals surface area contributed by atoms with E-state index in [1.54, 1.807) is 30.3 Å². The van der Waals surface area contributed by atoms with Crippen molar-refractivity contribution in [3.63, 3.8) is 0 Å². The first-order valence-electron chi connectivity index (χ1n) is 12.1. The molecule has 1 unspecified atom stereocenters. The van der Waals surface area contributed by atoms with Gasteiger partial charge in [0.05, 0.1) is 24.7 Å². The van der Waals surface area contributed by atoms with Crippen LogP contribution in [0.15, 0.2) is 63.7 Å². The summed E-state index contributed by atoms with van der Waals surface area (Å²) in [4.78, 5) is 62.7. The molecule has 13 heteroatoms. The fourth-order valence-corrected chi connectivity index (χ4v) is 4.94. The molecule has 2 aliphatic rings. The summed E-state index contributed by atoms with van der Waals surface area (Å²) >= 11 is 0. The van der Waals surface area contributed by atoms with Gasteiger partial charge in [-0.2, -0.15) is 0 Å². The second-order valence-corrected chi connectivity index (χ2v) is 9.90. The van der Waals surface area contributed by atoms with Gasteiger partial charge in [0.1, 0.15) is 23.1 Å². The van der Waals surface area contributed by atoms with Crippen molar-refractivity contribution in [1.82, 2.24) is 18.8 Å². The van der Waals surface area contributed by atoms with E-state index in [0.717, 1.165) is 15.0 Å². The number of ether oxygens (including phenoxy) is 2. The average Bonchev–Trinajstić information content (AvgIpc) is 3.12. The number of allylic oxidation sites excluding steroid dienone is 1. The number of hydrogen-bond donors (Lipinski definition) is 0. The minimum atomic E-state index is -1.43. The molecule has 3 heterocycles. The Hall–Kier alpha value is -3.87. The van der Waals surface area contributed by atoms with E-state index in [0.29, 0.717) is 22.6 Å². The Kier molecular flexibility index (Phi) is 7.72. The zero-order chi connectivity index (χ0) is 28.2. The van der Waals surface area contributed by atoms with E-state index in [1.807, 2.05) is 19.9 Å². The number of amides is 1. The van der Waals surface area contributed by atoms with Crippen molar-refractivity contribution < 1.29 is 58.5 Å². The molecular weight excluding hydrogens is 531 g/mol. The van der Waals surface area contributed by atoms with E-state index in [2.05, 4.69) is 0 Å². The smallest absolute Gasteiger partial charge is 0.548 e. The van der Waals surface area contributed by atoms with Gasteiger partial charge < -0.3 is 24.3 Å². The maximum atomic E-state index is 13.7. The Morgan fingerprint density at radius 3 is 2.40 bits per heavy atom. The molecule has 0 aliphatic carbocycles. The van der Waals surface area contributed by atoms with Crippen LogP contribution in [0.2, 0.25) is 0 Å². The quantitative estimate of drug-likeness (QED) is 0.197. The third-order valence-corrected chi connectivity index (χ3v) is 6.84. The van der Waals surface area contributed by atoms with Crippen LogP contribution in [0, 0.1) is 0 Å². The second-order valence-electron chi connectivity index (χ2n) is 9.90. The molecule has 0 saturated carbocycles. The van der Waals surface area contributed by atoms with Gasteiger partial charge in [0.15, 0.2) is 5.78 Å². The van der Waals surface area contributed by atoms with Crippen molar-refractivity contribution in [2.75, 3.05) is 13.6 Å². The molecule has 2 aliphatic heterocycles. The van der Waals surface area contributed by atoms with Crippen LogP contribution in [0.3, 0.4) is 0 Å². The van der Waals surface area contributed by atoms with Crippen molar-refractivity contribution in [2.24, 2.45) is 0 Å². The molecule has 40 heavy (non-hydrogen) atoms. The number of likely N-dealkylation sites (N-methyl/N-ethyl adjacent to an activating group) is 1. The molecular formula is C27H25N4NaO8. The minimum absolute atomic E-state index is 0. The predicted molar refractivity (Wildman–Crippen MR) is 135 cm³/mol. The minimum Gasteiger partial charge on any atom is -0.548 e. The number of rotatable bonds is 5. The number of carboxylic acid groups (broad SMARTS) is 1. The predicted octanol–water partition coefficient (Wildman–Crippen LogP) is -2.11. The summed E-state index contributed by atoms with van der Waals surface area (Å²) in [6, 6.07) is 10.2. The number of carboxylic acids is 1. The molecule has 0 saturated heterocycles. The molecule has 12 nitrogen and oxygen atoms in total. The van der Waals surface area contributed by atoms with Gasteiger partial charge in [-0.1, -0.05) is 6.08 Å². The van der Waals surface area contributed by atoms with Crippen LogP contribution in [0.1, 0.15) is 42.7 Å². The third-order valence-electron chi connectivity index (χ3n) is 6.84. The van der Waals surface area contributed by atoms with Crippen LogP contribution in [0.25, 0.3) is 5.69 Å². The molecule has 1 aromatic heterocycles. The number of fused-ring (bicyclic) bond motifs is 5. The Morgan fingerprint density at radius 1 is 1.10 bits per heavy atom. The number of hydrogen-bond acceptors (Lipinski definition) is 8. The Balaban J connectivity index is 0.00000370. The topological polar surface area (TPSA) is 145 Å². The average molecular weight is 557 g/mol. The molecule has 3 aromatic rings. The molecule has 202 valence electrons. The fraction of sp³-hybridized carbons (Fsp3) is 0.296. The standard InChI is InChI=1S/C27H26N4O8.Na/c1-15(32)16-5-7-17(8-6-16)30-24(35)29-12-11-20-23(31(29)25(30)36)19-10-9-18(13-21(19)39-27(20,2)3)38-26(37)28(4)14-22(33)34;/h5-11,13,23H,12,14H2,1-4H3,(H,33,34);/q;+1/p-1. The molecule has 1 atom stereocenters. The van der Waals surface area contributed by atoms with Gasteiger partial charge in [-0.15, -0.1) is 0 Å². The van der Waals surface area contributed by atoms with Crippen LogP contribution >= 0.6 is 0 Å². The first-order valence-corrected chi connectivity index (χ1v) is 12.1. The van der Waals surface area contributed by atoms with Gasteiger partial charge in [0.2, 0.25) is 0 Å². The molecule has 0 spiro atoms. The number of aliphatic carboxylic acids is 1.